The molecule has 84 valence electrons. The van der Waals surface area contributed by atoms with Crippen LogP contribution in [0.1, 0.15) is 11.1 Å². The molecule has 0 aliphatic rings. The molecule has 0 saturated heterocycles. The van der Waals surface area contributed by atoms with E-state index in [1.54, 1.807) is 0 Å². The number of hydrogen-bond acceptors (Lipinski definition) is 2. The zero-order valence-corrected chi connectivity index (χ0v) is 10.8. The molecule has 3 rings (SSSR count). The van der Waals surface area contributed by atoms with E-state index in [-0.39, 0.29) is 17.1 Å². The zero-order valence-electron chi connectivity index (χ0n) is 9.71. The SMILES string of the molecule is Cc1c(C)c2cccnc2c2ncccc12.[Fe+2]. The van der Waals surface area contributed by atoms with Gasteiger partial charge in [0.05, 0.1) is 11.0 Å². The molecule has 3 heteroatoms. The maximum atomic E-state index is 4.45. The molecule has 0 unspecified atom stereocenters. The number of rotatable bonds is 0. The summed E-state index contributed by atoms with van der Waals surface area (Å²) in [4.78, 5) is 8.90. The zero-order chi connectivity index (χ0) is 11.1. The molecule has 0 fully saturated rings. The van der Waals surface area contributed by atoms with Crippen LogP contribution in [0.3, 0.4) is 0 Å². The summed E-state index contributed by atoms with van der Waals surface area (Å²) < 4.78 is 0. The van der Waals surface area contributed by atoms with E-state index in [0.717, 1.165) is 11.0 Å². The predicted molar refractivity (Wildman–Crippen MR) is 66.5 cm³/mol. The number of aryl methyl sites for hydroxylation is 2. The van der Waals surface area contributed by atoms with E-state index in [0.29, 0.717) is 0 Å². The fraction of sp³-hybridized carbons (Fsp3) is 0.143. The van der Waals surface area contributed by atoms with Crippen LogP contribution in [-0.4, -0.2) is 9.97 Å². The number of benzene rings is 1. The number of pyridine rings is 2. The van der Waals surface area contributed by atoms with Crippen molar-refractivity contribution in [1.29, 1.82) is 0 Å². The van der Waals surface area contributed by atoms with Gasteiger partial charge < -0.3 is 0 Å². The smallest absolute Gasteiger partial charge is 0.254 e. The van der Waals surface area contributed by atoms with Crippen molar-refractivity contribution >= 4 is 21.8 Å². The quantitative estimate of drug-likeness (QED) is 0.459. The first-order chi connectivity index (χ1) is 7.79. The van der Waals surface area contributed by atoms with Gasteiger partial charge in [0.25, 0.3) is 0 Å². The van der Waals surface area contributed by atoms with Gasteiger partial charge in [0.1, 0.15) is 0 Å². The van der Waals surface area contributed by atoms with E-state index >= 15 is 0 Å². The molecule has 0 bridgehead atoms. The Labute approximate surface area is 111 Å². The van der Waals surface area contributed by atoms with Crippen molar-refractivity contribution in [2.45, 2.75) is 13.8 Å². The van der Waals surface area contributed by atoms with Gasteiger partial charge >= 0.3 is 17.1 Å². The van der Waals surface area contributed by atoms with Crippen LogP contribution in [0.2, 0.25) is 0 Å². The van der Waals surface area contributed by atoms with Crippen molar-refractivity contribution in [3.8, 4) is 0 Å². The van der Waals surface area contributed by atoms with Crippen LogP contribution in [0.5, 0.6) is 0 Å². The molecule has 0 aliphatic heterocycles. The van der Waals surface area contributed by atoms with Crippen molar-refractivity contribution in [3.05, 3.63) is 47.8 Å². The summed E-state index contributed by atoms with van der Waals surface area (Å²) in [6.45, 7) is 4.29. The Balaban J connectivity index is 0.00000108. The van der Waals surface area contributed by atoms with Crippen molar-refractivity contribution in [2.24, 2.45) is 0 Å². The first kappa shape index (κ1) is 12.0. The topological polar surface area (TPSA) is 25.8 Å². The van der Waals surface area contributed by atoms with Gasteiger partial charge in [-0.15, -0.1) is 0 Å². The molecule has 1 aromatic carbocycles. The summed E-state index contributed by atoms with van der Waals surface area (Å²) in [5.74, 6) is 0. The summed E-state index contributed by atoms with van der Waals surface area (Å²) in [6, 6.07) is 8.17. The largest absolute Gasteiger partial charge is 2.00 e. The second-order valence-electron chi connectivity index (χ2n) is 4.05. The standard InChI is InChI=1S/C14H12N2.Fe/c1-9-10(2)12-6-4-8-16-14(12)13-11(9)5-3-7-15-13;/h3-8H,1-2H3;/q;+2. The normalized spacial score (nSPS) is 10.5. The Kier molecular flexibility index (Phi) is 3.14. The van der Waals surface area contributed by atoms with Gasteiger partial charge in [0, 0.05) is 23.2 Å². The number of hydrogen-bond donors (Lipinski definition) is 0. The molecule has 0 radical (unpaired) electrons. The van der Waals surface area contributed by atoms with Gasteiger partial charge in [0.15, 0.2) is 0 Å². The Bertz CT molecular complexity index is 631. The number of fused-ring (bicyclic) bond motifs is 3. The Morgan fingerprint density at radius 2 is 1.18 bits per heavy atom. The predicted octanol–water partition coefficient (Wildman–Crippen LogP) is 3.40. The van der Waals surface area contributed by atoms with Crippen molar-refractivity contribution in [2.75, 3.05) is 0 Å². The third-order valence-electron chi connectivity index (χ3n) is 3.21. The van der Waals surface area contributed by atoms with E-state index < -0.39 is 0 Å². The van der Waals surface area contributed by atoms with E-state index in [1.165, 1.54) is 21.9 Å². The van der Waals surface area contributed by atoms with Gasteiger partial charge in [0.2, 0.25) is 0 Å². The third kappa shape index (κ3) is 1.72. The fourth-order valence-corrected chi connectivity index (χ4v) is 2.20. The minimum absolute atomic E-state index is 0. The molecule has 17 heavy (non-hydrogen) atoms. The van der Waals surface area contributed by atoms with E-state index in [4.69, 9.17) is 0 Å². The molecular formula is C14H12FeN2+2. The molecule has 3 aromatic rings. The molecule has 0 atom stereocenters. The third-order valence-corrected chi connectivity index (χ3v) is 3.21. The summed E-state index contributed by atoms with van der Waals surface area (Å²) in [6.07, 6.45) is 3.65. The fourth-order valence-electron chi connectivity index (χ4n) is 2.20. The summed E-state index contributed by atoms with van der Waals surface area (Å²) in [5, 5.41) is 2.40. The summed E-state index contributed by atoms with van der Waals surface area (Å²) in [5.41, 5.74) is 4.59. The Morgan fingerprint density at radius 3 is 1.59 bits per heavy atom. The maximum absolute atomic E-state index is 4.45. The van der Waals surface area contributed by atoms with Gasteiger partial charge in [-0.25, -0.2) is 0 Å². The van der Waals surface area contributed by atoms with Gasteiger partial charge in [-0.2, -0.15) is 0 Å². The van der Waals surface area contributed by atoms with Crippen LogP contribution >= 0.6 is 0 Å². The van der Waals surface area contributed by atoms with Gasteiger partial charge in [-0.05, 0) is 37.1 Å². The van der Waals surface area contributed by atoms with Crippen LogP contribution in [0.25, 0.3) is 21.8 Å². The number of nitrogens with zero attached hydrogens (tertiary/aromatic N) is 2. The summed E-state index contributed by atoms with van der Waals surface area (Å²) in [7, 11) is 0. The molecule has 0 saturated carbocycles. The van der Waals surface area contributed by atoms with Crippen molar-refractivity contribution in [1.82, 2.24) is 9.97 Å². The van der Waals surface area contributed by atoms with Gasteiger partial charge in [-0.3, -0.25) is 9.97 Å². The van der Waals surface area contributed by atoms with E-state index in [9.17, 15) is 0 Å². The van der Waals surface area contributed by atoms with Crippen LogP contribution in [0.4, 0.5) is 0 Å². The Morgan fingerprint density at radius 1 is 0.765 bits per heavy atom. The van der Waals surface area contributed by atoms with Crippen LogP contribution < -0.4 is 0 Å². The summed E-state index contributed by atoms with van der Waals surface area (Å²) >= 11 is 0. The average molecular weight is 264 g/mol. The number of aromatic nitrogens is 2. The second kappa shape index (κ2) is 4.44. The maximum Gasteiger partial charge on any atom is 2.00 e. The van der Waals surface area contributed by atoms with E-state index in [2.05, 4.69) is 35.9 Å². The molecule has 2 nitrogen and oxygen atoms in total. The second-order valence-corrected chi connectivity index (χ2v) is 4.05. The minimum atomic E-state index is 0. The first-order valence-corrected chi connectivity index (χ1v) is 5.37. The van der Waals surface area contributed by atoms with Crippen molar-refractivity contribution < 1.29 is 17.1 Å². The average Bonchev–Trinajstić information content (AvgIpc) is 2.36. The minimum Gasteiger partial charge on any atom is -0.254 e. The van der Waals surface area contributed by atoms with Crippen LogP contribution in [0.15, 0.2) is 36.7 Å². The molecule has 2 aromatic heterocycles. The molecular weight excluding hydrogens is 252 g/mol. The van der Waals surface area contributed by atoms with E-state index in [1.807, 2.05) is 24.5 Å². The van der Waals surface area contributed by atoms with Gasteiger partial charge in [-0.1, -0.05) is 12.1 Å². The first-order valence-electron chi connectivity index (χ1n) is 5.37. The molecule has 2 heterocycles. The molecule has 0 aliphatic carbocycles. The van der Waals surface area contributed by atoms with Crippen LogP contribution in [-0.2, 0) is 17.1 Å². The monoisotopic (exact) mass is 264 g/mol. The van der Waals surface area contributed by atoms with Crippen LogP contribution in [0, 0.1) is 13.8 Å². The Hall–Kier alpha value is -1.44. The molecule has 0 amide bonds. The molecule has 0 spiro atoms. The van der Waals surface area contributed by atoms with Crippen molar-refractivity contribution in [3.63, 3.8) is 0 Å². The molecule has 0 N–H and O–H groups in total.